The number of hydrogen-bond donors (Lipinski definition) is 1. The van der Waals surface area contributed by atoms with Crippen LogP contribution in [0.1, 0.15) is 31.2 Å². The molecule has 0 atom stereocenters. The SMILES string of the molecule is COC(=O)C1CCC(/C(=N\O)c2cccnc2Cl)CC1. The number of carbonyl (C=O) groups is 1. The van der Waals surface area contributed by atoms with Crippen LogP contribution in [0.15, 0.2) is 23.5 Å². The van der Waals surface area contributed by atoms with Gasteiger partial charge in [0.25, 0.3) is 0 Å². The van der Waals surface area contributed by atoms with E-state index in [-0.39, 0.29) is 17.8 Å². The fourth-order valence-electron chi connectivity index (χ4n) is 2.70. The van der Waals surface area contributed by atoms with Crippen LogP contribution in [0.25, 0.3) is 0 Å². The van der Waals surface area contributed by atoms with Crippen molar-refractivity contribution in [1.29, 1.82) is 0 Å². The number of rotatable bonds is 3. The number of hydrogen-bond acceptors (Lipinski definition) is 5. The summed E-state index contributed by atoms with van der Waals surface area (Å²) in [6.07, 6.45) is 4.59. The quantitative estimate of drug-likeness (QED) is 0.306. The van der Waals surface area contributed by atoms with Gasteiger partial charge in [0.2, 0.25) is 0 Å². The molecule has 0 bridgehead atoms. The Labute approximate surface area is 122 Å². The minimum Gasteiger partial charge on any atom is -0.469 e. The highest BCUT2D eigenvalue weighted by Crippen LogP contribution is 2.33. The summed E-state index contributed by atoms with van der Waals surface area (Å²) in [7, 11) is 1.41. The third-order valence-electron chi connectivity index (χ3n) is 3.79. The van der Waals surface area contributed by atoms with Gasteiger partial charge in [-0.15, -0.1) is 0 Å². The van der Waals surface area contributed by atoms with Gasteiger partial charge in [0.15, 0.2) is 0 Å². The third kappa shape index (κ3) is 3.10. The Morgan fingerprint density at radius 2 is 2.05 bits per heavy atom. The minimum absolute atomic E-state index is 0.0550. The number of pyridine rings is 1. The van der Waals surface area contributed by atoms with E-state index in [2.05, 4.69) is 10.1 Å². The van der Waals surface area contributed by atoms with Gasteiger partial charge in [-0.25, -0.2) is 4.98 Å². The molecule has 2 rings (SSSR count). The number of nitrogens with zero attached hydrogens (tertiary/aromatic N) is 2. The Hall–Kier alpha value is -1.62. The number of aromatic nitrogens is 1. The highest BCUT2D eigenvalue weighted by atomic mass is 35.5. The van der Waals surface area contributed by atoms with Crippen LogP contribution in [0.3, 0.4) is 0 Å². The molecule has 1 fully saturated rings. The molecule has 1 heterocycles. The molecule has 1 aromatic heterocycles. The molecule has 1 aromatic rings. The first-order chi connectivity index (χ1) is 9.67. The van der Waals surface area contributed by atoms with Crippen molar-refractivity contribution in [1.82, 2.24) is 4.98 Å². The number of ether oxygens (including phenoxy) is 1. The number of oxime groups is 1. The van der Waals surface area contributed by atoms with E-state index in [1.165, 1.54) is 7.11 Å². The lowest BCUT2D eigenvalue weighted by molar-refractivity contribution is -0.146. The molecule has 0 aromatic carbocycles. The van der Waals surface area contributed by atoms with E-state index in [1.54, 1.807) is 18.3 Å². The van der Waals surface area contributed by atoms with Crippen molar-refractivity contribution in [3.63, 3.8) is 0 Å². The predicted octanol–water partition coefficient (Wildman–Crippen LogP) is 2.89. The van der Waals surface area contributed by atoms with Crippen LogP contribution in [-0.4, -0.2) is 29.0 Å². The Morgan fingerprint density at radius 1 is 1.40 bits per heavy atom. The van der Waals surface area contributed by atoms with Gasteiger partial charge in [-0.3, -0.25) is 4.79 Å². The van der Waals surface area contributed by atoms with Gasteiger partial charge in [0, 0.05) is 17.7 Å². The molecule has 5 nitrogen and oxygen atoms in total. The van der Waals surface area contributed by atoms with Gasteiger partial charge in [-0.1, -0.05) is 16.8 Å². The van der Waals surface area contributed by atoms with Crippen LogP contribution < -0.4 is 0 Å². The summed E-state index contributed by atoms with van der Waals surface area (Å²) in [6.45, 7) is 0. The number of esters is 1. The second kappa shape index (κ2) is 6.70. The lowest BCUT2D eigenvalue weighted by Gasteiger charge is -2.27. The topological polar surface area (TPSA) is 71.8 Å². The van der Waals surface area contributed by atoms with Gasteiger partial charge in [-0.05, 0) is 37.8 Å². The van der Waals surface area contributed by atoms with E-state index in [0.717, 1.165) is 25.7 Å². The van der Waals surface area contributed by atoms with E-state index in [9.17, 15) is 10.0 Å². The summed E-state index contributed by atoms with van der Waals surface area (Å²) in [5, 5.41) is 13.0. The maximum atomic E-state index is 11.5. The van der Waals surface area contributed by atoms with Crippen molar-refractivity contribution in [3.8, 4) is 0 Å². The van der Waals surface area contributed by atoms with Gasteiger partial charge < -0.3 is 9.94 Å². The second-order valence-corrected chi connectivity index (χ2v) is 5.26. The Balaban J connectivity index is 2.09. The van der Waals surface area contributed by atoms with Crippen molar-refractivity contribution in [2.75, 3.05) is 7.11 Å². The lowest BCUT2D eigenvalue weighted by atomic mass is 9.78. The highest BCUT2D eigenvalue weighted by molar-refractivity contribution is 6.33. The van der Waals surface area contributed by atoms with Crippen LogP contribution in [0.5, 0.6) is 0 Å². The number of methoxy groups -OCH3 is 1. The fourth-order valence-corrected chi connectivity index (χ4v) is 2.92. The normalized spacial score (nSPS) is 23.4. The maximum absolute atomic E-state index is 11.5. The predicted molar refractivity (Wildman–Crippen MR) is 75.0 cm³/mol. The van der Waals surface area contributed by atoms with Crippen molar-refractivity contribution >= 4 is 23.3 Å². The van der Waals surface area contributed by atoms with Crippen molar-refractivity contribution in [3.05, 3.63) is 29.0 Å². The fraction of sp³-hybridized carbons (Fsp3) is 0.500. The monoisotopic (exact) mass is 296 g/mol. The molecule has 1 aliphatic carbocycles. The van der Waals surface area contributed by atoms with Gasteiger partial charge in [0.05, 0.1) is 18.7 Å². The van der Waals surface area contributed by atoms with E-state index >= 15 is 0 Å². The zero-order valence-corrected chi connectivity index (χ0v) is 12.0. The molecule has 0 unspecified atom stereocenters. The molecule has 0 amide bonds. The largest absolute Gasteiger partial charge is 0.469 e. The molecule has 1 aliphatic rings. The molecule has 6 heteroatoms. The van der Waals surface area contributed by atoms with Crippen molar-refractivity contribution < 1.29 is 14.7 Å². The first kappa shape index (κ1) is 14.8. The Bertz CT molecular complexity index is 511. The molecule has 0 aliphatic heterocycles. The van der Waals surface area contributed by atoms with Crippen molar-refractivity contribution in [2.45, 2.75) is 25.7 Å². The van der Waals surface area contributed by atoms with Gasteiger partial charge in [0.1, 0.15) is 5.15 Å². The molecule has 108 valence electrons. The molecular formula is C14H17ClN2O3. The summed E-state index contributed by atoms with van der Waals surface area (Å²) in [4.78, 5) is 15.5. The zero-order chi connectivity index (χ0) is 14.5. The molecule has 0 saturated heterocycles. The molecule has 1 N–H and O–H groups in total. The van der Waals surface area contributed by atoms with Gasteiger partial charge in [-0.2, -0.15) is 0 Å². The van der Waals surface area contributed by atoms with Crippen LogP contribution in [0.4, 0.5) is 0 Å². The minimum atomic E-state index is -0.162. The van der Waals surface area contributed by atoms with Crippen LogP contribution >= 0.6 is 11.6 Å². The summed E-state index contributed by atoms with van der Waals surface area (Å²) in [5.74, 6) is -0.131. The first-order valence-electron chi connectivity index (χ1n) is 6.58. The standard InChI is InChI=1S/C14H17ClN2O3/c1-20-14(18)10-6-4-9(5-7-10)12(17-19)11-3-2-8-16-13(11)15/h2-3,8-10,19H,4-7H2,1H3/b17-12+. The molecule has 0 spiro atoms. The average molecular weight is 297 g/mol. The zero-order valence-electron chi connectivity index (χ0n) is 11.3. The van der Waals surface area contributed by atoms with Crippen LogP contribution in [0.2, 0.25) is 5.15 Å². The lowest BCUT2D eigenvalue weighted by Crippen LogP contribution is -2.27. The highest BCUT2D eigenvalue weighted by Gasteiger charge is 2.30. The molecule has 1 saturated carbocycles. The Morgan fingerprint density at radius 3 is 2.60 bits per heavy atom. The van der Waals surface area contributed by atoms with Crippen LogP contribution in [-0.2, 0) is 9.53 Å². The summed E-state index contributed by atoms with van der Waals surface area (Å²) >= 11 is 6.04. The Kier molecular flexibility index (Phi) is 4.95. The number of carbonyl (C=O) groups excluding carboxylic acids is 1. The maximum Gasteiger partial charge on any atom is 0.308 e. The van der Waals surface area contributed by atoms with E-state index in [4.69, 9.17) is 16.3 Å². The van der Waals surface area contributed by atoms with E-state index in [1.807, 2.05) is 0 Å². The smallest absolute Gasteiger partial charge is 0.308 e. The first-order valence-corrected chi connectivity index (χ1v) is 6.95. The summed E-state index contributed by atoms with van der Waals surface area (Å²) < 4.78 is 4.77. The third-order valence-corrected chi connectivity index (χ3v) is 4.09. The van der Waals surface area contributed by atoms with Crippen LogP contribution in [0, 0.1) is 11.8 Å². The number of halogens is 1. The van der Waals surface area contributed by atoms with E-state index in [0.29, 0.717) is 16.4 Å². The molecular weight excluding hydrogens is 280 g/mol. The molecule has 20 heavy (non-hydrogen) atoms. The van der Waals surface area contributed by atoms with Crippen molar-refractivity contribution in [2.24, 2.45) is 17.0 Å². The average Bonchev–Trinajstić information content (AvgIpc) is 2.50. The molecule has 0 radical (unpaired) electrons. The summed E-state index contributed by atoms with van der Waals surface area (Å²) in [5.41, 5.74) is 1.20. The second-order valence-electron chi connectivity index (χ2n) is 4.90. The van der Waals surface area contributed by atoms with Gasteiger partial charge >= 0.3 is 5.97 Å². The van der Waals surface area contributed by atoms with E-state index < -0.39 is 0 Å². The summed E-state index contributed by atoms with van der Waals surface area (Å²) in [6, 6.07) is 3.54.